The molecule has 2 aromatic carbocycles. The van der Waals surface area contributed by atoms with Gasteiger partial charge in [0.1, 0.15) is 0 Å². The van der Waals surface area contributed by atoms with Crippen molar-refractivity contribution in [1.82, 2.24) is 4.57 Å². The summed E-state index contributed by atoms with van der Waals surface area (Å²) < 4.78 is 30.1. The van der Waals surface area contributed by atoms with E-state index in [4.69, 9.17) is 11.6 Å². The van der Waals surface area contributed by atoms with Crippen LogP contribution in [0.15, 0.2) is 30.3 Å². The number of aromatic hydroxyl groups is 1. The van der Waals surface area contributed by atoms with Crippen LogP contribution in [0.3, 0.4) is 0 Å². The molecule has 8 heteroatoms. The van der Waals surface area contributed by atoms with Gasteiger partial charge in [0.15, 0.2) is 17.4 Å². The number of halogens is 3. The number of rotatable bonds is 5. The van der Waals surface area contributed by atoms with E-state index in [0.717, 1.165) is 10.6 Å². The maximum atomic E-state index is 14.9. The van der Waals surface area contributed by atoms with Crippen LogP contribution in [0.4, 0.5) is 8.78 Å². The Morgan fingerprint density at radius 1 is 1.21 bits per heavy atom. The zero-order valence-electron chi connectivity index (χ0n) is 15.7. The molecule has 0 saturated heterocycles. The van der Waals surface area contributed by atoms with Crippen LogP contribution in [-0.4, -0.2) is 26.7 Å². The average molecular weight is 422 g/mol. The molecule has 0 saturated carbocycles. The summed E-state index contributed by atoms with van der Waals surface area (Å²) >= 11 is 5.85. The van der Waals surface area contributed by atoms with E-state index in [2.05, 4.69) is 0 Å². The number of carbonyl (C=O) groups is 2. The van der Waals surface area contributed by atoms with Crippen LogP contribution in [0.2, 0.25) is 5.02 Å². The van der Waals surface area contributed by atoms with Crippen LogP contribution >= 0.6 is 11.6 Å². The van der Waals surface area contributed by atoms with E-state index in [1.807, 2.05) is 0 Å². The highest BCUT2D eigenvalue weighted by molar-refractivity contribution is 6.30. The quantitative estimate of drug-likeness (QED) is 0.590. The van der Waals surface area contributed by atoms with Gasteiger partial charge in [-0.05, 0) is 43.2 Å². The minimum Gasteiger partial charge on any atom is -0.503 e. The SMILES string of the molecule is CCCC(C(=O)O)c1c(C)n(C(=O)c2ccc(Cl)cc2)c2cc(F)c(O)c(F)c12. The lowest BCUT2D eigenvalue weighted by molar-refractivity contribution is -0.139. The van der Waals surface area contributed by atoms with Crippen molar-refractivity contribution in [2.45, 2.75) is 32.6 Å². The van der Waals surface area contributed by atoms with Crippen LogP contribution in [0.5, 0.6) is 5.75 Å². The molecule has 0 aliphatic heterocycles. The predicted molar refractivity (Wildman–Crippen MR) is 105 cm³/mol. The van der Waals surface area contributed by atoms with Gasteiger partial charge in [0.05, 0.1) is 11.4 Å². The number of hydrogen-bond donors (Lipinski definition) is 2. The first-order valence-corrected chi connectivity index (χ1v) is 9.31. The highest BCUT2D eigenvalue weighted by Gasteiger charge is 2.32. The lowest BCUT2D eigenvalue weighted by atomic mass is 9.92. The summed E-state index contributed by atoms with van der Waals surface area (Å²) in [6.45, 7) is 3.25. The van der Waals surface area contributed by atoms with E-state index in [1.54, 1.807) is 6.92 Å². The third kappa shape index (κ3) is 3.46. The molecule has 0 amide bonds. The molecule has 5 nitrogen and oxygen atoms in total. The van der Waals surface area contributed by atoms with Crippen LogP contribution in [0.25, 0.3) is 10.9 Å². The minimum atomic E-state index is -1.29. The maximum absolute atomic E-state index is 14.9. The Morgan fingerprint density at radius 3 is 2.38 bits per heavy atom. The highest BCUT2D eigenvalue weighted by atomic mass is 35.5. The van der Waals surface area contributed by atoms with Gasteiger partial charge < -0.3 is 10.2 Å². The van der Waals surface area contributed by atoms with E-state index in [-0.39, 0.29) is 34.1 Å². The van der Waals surface area contributed by atoms with E-state index >= 15 is 0 Å². The van der Waals surface area contributed by atoms with Crippen molar-refractivity contribution in [3.63, 3.8) is 0 Å². The molecule has 0 spiro atoms. The summed E-state index contributed by atoms with van der Waals surface area (Å²) in [5.74, 6) is -6.66. The van der Waals surface area contributed by atoms with Crippen LogP contribution in [0.1, 0.15) is 47.3 Å². The standard InChI is InChI=1S/C21H18ClF2NO4/c1-3-4-13(21(28)29)16-10(2)25(20(27)11-5-7-12(22)8-6-11)15-9-14(23)19(26)18(24)17(15)16/h5-9,13,26H,3-4H2,1-2H3,(H,28,29). The van der Waals surface area contributed by atoms with Gasteiger partial charge in [0.25, 0.3) is 5.91 Å². The molecule has 1 unspecified atom stereocenters. The van der Waals surface area contributed by atoms with Crippen molar-refractivity contribution in [1.29, 1.82) is 0 Å². The van der Waals surface area contributed by atoms with Crippen molar-refractivity contribution < 1.29 is 28.6 Å². The van der Waals surface area contributed by atoms with Crippen molar-refractivity contribution in [3.8, 4) is 5.75 Å². The second-order valence-corrected chi connectivity index (χ2v) is 7.18. The summed E-state index contributed by atoms with van der Waals surface area (Å²) in [5, 5.41) is 19.6. The molecule has 1 aromatic heterocycles. The summed E-state index contributed by atoms with van der Waals surface area (Å²) in [5.41, 5.74) is 0.277. The summed E-state index contributed by atoms with van der Waals surface area (Å²) in [6.07, 6.45) is 0.672. The Hall–Kier alpha value is -2.93. The monoisotopic (exact) mass is 421 g/mol. The average Bonchev–Trinajstić information content (AvgIpc) is 2.95. The first kappa shape index (κ1) is 20.8. The van der Waals surface area contributed by atoms with E-state index in [1.165, 1.54) is 31.2 Å². The molecular weight excluding hydrogens is 404 g/mol. The van der Waals surface area contributed by atoms with Gasteiger partial charge in [0, 0.05) is 27.7 Å². The van der Waals surface area contributed by atoms with Crippen molar-refractivity contribution in [3.05, 3.63) is 63.8 Å². The molecule has 1 atom stereocenters. The Kier molecular flexibility index (Phi) is 5.61. The third-order valence-corrected chi connectivity index (χ3v) is 5.18. The molecule has 0 bridgehead atoms. The Labute approximate surface area is 170 Å². The van der Waals surface area contributed by atoms with Crippen LogP contribution < -0.4 is 0 Å². The number of phenols is 1. The van der Waals surface area contributed by atoms with Crippen LogP contribution in [0, 0.1) is 18.6 Å². The predicted octanol–water partition coefficient (Wildman–Crippen LogP) is 5.24. The fraction of sp³-hybridized carbons (Fsp3) is 0.238. The molecule has 0 radical (unpaired) electrons. The smallest absolute Gasteiger partial charge is 0.311 e. The van der Waals surface area contributed by atoms with E-state index < -0.39 is 35.2 Å². The molecule has 2 N–H and O–H groups in total. The number of phenolic OH excluding ortho intramolecular Hbond substituents is 1. The fourth-order valence-electron chi connectivity index (χ4n) is 3.60. The van der Waals surface area contributed by atoms with Gasteiger partial charge in [-0.2, -0.15) is 0 Å². The molecule has 0 aliphatic carbocycles. The number of benzene rings is 2. The van der Waals surface area contributed by atoms with Crippen molar-refractivity contribution in [2.24, 2.45) is 0 Å². The summed E-state index contributed by atoms with van der Waals surface area (Å²) in [6, 6.07) is 6.76. The normalized spacial score (nSPS) is 12.3. The molecule has 29 heavy (non-hydrogen) atoms. The third-order valence-electron chi connectivity index (χ3n) is 4.93. The fourth-order valence-corrected chi connectivity index (χ4v) is 3.73. The van der Waals surface area contributed by atoms with Gasteiger partial charge in [-0.1, -0.05) is 24.9 Å². The second-order valence-electron chi connectivity index (χ2n) is 6.74. The largest absolute Gasteiger partial charge is 0.503 e. The topological polar surface area (TPSA) is 79.5 Å². The highest BCUT2D eigenvalue weighted by Crippen LogP contribution is 2.40. The van der Waals surface area contributed by atoms with Crippen LogP contribution in [-0.2, 0) is 4.79 Å². The number of nitrogens with zero attached hydrogens (tertiary/aromatic N) is 1. The lowest BCUT2D eigenvalue weighted by Crippen LogP contribution is -2.16. The number of hydrogen-bond acceptors (Lipinski definition) is 3. The maximum Gasteiger partial charge on any atom is 0.311 e. The van der Waals surface area contributed by atoms with Gasteiger partial charge in [-0.15, -0.1) is 0 Å². The van der Waals surface area contributed by atoms with Gasteiger partial charge in [-0.25, -0.2) is 8.78 Å². The number of fused-ring (bicyclic) bond motifs is 1. The summed E-state index contributed by atoms with van der Waals surface area (Å²) in [7, 11) is 0. The zero-order chi connectivity index (χ0) is 21.5. The van der Waals surface area contributed by atoms with E-state index in [0.29, 0.717) is 11.4 Å². The number of carboxylic acid groups (broad SMARTS) is 1. The molecule has 3 aromatic rings. The first-order chi connectivity index (χ1) is 13.7. The molecule has 0 aliphatic rings. The zero-order valence-corrected chi connectivity index (χ0v) is 16.4. The van der Waals surface area contributed by atoms with Gasteiger partial charge in [0.2, 0.25) is 0 Å². The minimum absolute atomic E-state index is 0.0458. The molecule has 0 fully saturated rings. The summed E-state index contributed by atoms with van der Waals surface area (Å²) in [4.78, 5) is 25.0. The molecule has 1 heterocycles. The van der Waals surface area contributed by atoms with Crippen molar-refractivity contribution in [2.75, 3.05) is 0 Å². The van der Waals surface area contributed by atoms with E-state index in [9.17, 15) is 28.6 Å². The first-order valence-electron chi connectivity index (χ1n) is 8.93. The number of carbonyl (C=O) groups excluding carboxylic acids is 1. The number of aromatic nitrogens is 1. The van der Waals surface area contributed by atoms with Gasteiger partial charge in [-0.3, -0.25) is 14.2 Å². The number of carboxylic acids is 1. The molecule has 3 rings (SSSR count). The molecule has 152 valence electrons. The Balaban J connectivity index is 2.39. The molecular formula is C21H18ClF2NO4. The Morgan fingerprint density at radius 2 is 1.83 bits per heavy atom. The number of aliphatic carboxylic acids is 1. The lowest BCUT2D eigenvalue weighted by Gasteiger charge is -2.13. The van der Waals surface area contributed by atoms with Crippen molar-refractivity contribution >= 4 is 34.4 Å². The Bertz CT molecular complexity index is 1120. The van der Waals surface area contributed by atoms with Gasteiger partial charge >= 0.3 is 5.97 Å². The second kappa shape index (κ2) is 7.83.